The number of anilines is 1. The number of hydrogen-bond acceptors (Lipinski definition) is 4. The van der Waals surface area contributed by atoms with E-state index in [1.807, 2.05) is 32.1 Å². The highest BCUT2D eigenvalue weighted by Gasteiger charge is 2.32. The smallest absolute Gasteiger partial charge is 0.310 e. The second kappa shape index (κ2) is 7.17. The normalized spacial score (nSPS) is 23.0. The zero-order chi connectivity index (χ0) is 20.1. The zero-order valence-electron chi connectivity index (χ0n) is 16.8. The maximum absolute atomic E-state index is 13.1. The van der Waals surface area contributed by atoms with Crippen molar-refractivity contribution in [3.63, 3.8) is 0 Å². The number of nitrogens with zero attached hydrogens (tertiary/aromatic N) is 3. The predicted octanol–water partition coefficient (Wildman–Crippen LogP) is 2.95. The lowest BCUT2D eigenvalue weighted by molar-refractivity contribution is 0.0412. The Morgan fingerprint density at radius 3 is 2.36 bits per heavy atom. The van der Waals surface area contributed by atoms with Gasteiger partial charge in [0.1, 0.15) is 15.3 Å². The first-order valence-corrected chi connectivity index (χ1v) is 11.6. The number of rotatable bonds is 3. The first-order chi connectivity index (χ1) is 13.3. The summed E-state index contributed by atoms with van der Waals surface area (Å²) in [5.74, 6) is 0. The van der Waals surface area contributed by atoms with Crippen LogP contribution in [0.1, 0.15) is 48.9 Å². The Labute approximate surface area is 167 Å². The Morgan fingerprint density at radius 2 is 1.82 bits per heavy atom. The molecule has 7 nitrogen and oxygen atoms in total. The van der Waals surface area contributed by atoms with E-state index in [0.717, 1.165) is 44.2 Å². The summed E-state index contributed by atoms with van der Waals surface area (Å²) in [6, 6.07) is 1.89. The summed E-state index contributed by atoms with van der Waals surface area (Å²) >= 11 is 0. The van der Waals surface area contributed by atoms with E-state index in [1.165, 1.54) is 22.3 Å². The SMILES string of the molecule is CC(C)N1C=CC(S(N)(=O)=NC(=O)Nc2c3c(cc4c2CCC4)CCC3)N1C. The van der Waals surface area contributed by atoms with Crippen LogP contribution in [-0.2, 0) is 35.6 Å². The Balaban J connectivity index is 1.60. The molecule has 1 aliphatic heterocycles. The van der Waals surface area contributed by atoms with Crippen LogP contribution in [0.15, 0.2) is 22.7 Å². The van der Waals surface area contributed by atoms with Crippen LogP contribution < -0.4 is 10.5 Å². The van der Waals surface area contributed by atoms with E-state index in [0.29, 0.717) is 0 Å². The maximum Gasteiger partial charge on any atom is 0.354 e. The van der Waals surface area contributed by atoms with Gasteiger partial charge in [-0.25, -0.2) is 19.2 Å². The van der Waals surface area contributed by atoms with Gasteiger partial charge >= 0.3 is 6.03 Å². The van der Waals surface area contributed by atoms with E-state index >= 15 is 0 Å². The minimum atomic E-state index is -3.26. The molecule has 1 aromatic carbocycles. The van der Waals surface area contributed by atoms with Crippen molar-refractivity contribution in [3.8, 4) is 0 Å². The number of likely N-dealkylation sites (N-methyl/N-ethyl adjacent to an activating group) is 1. The summed E-state index contributed by atoms with van der Waals surface area (Å²) in [4.78, 5) is 12.7. The van der Waals surface area contributed by atoms with E-state index in [2.05, 4.69) is 15.7 Å². The molecular formula is C20H29N5O2S. The van der Waals surface area contributed by atoms with Crippen molar-refractivity contribution in [2.45, 2.75) is 63.8 Å². The van der Waals surface area contributed by atoms with Crippen molar-refractivity contribution in [2.75, 3.05) is 12.4 Å². The number of amides is 2. The molecule has 1 aromatic rings. The van der Waals surface area contributed by atoms with Crippen LogP contribution >= 0.6 is 0 Å². The molecule has 2 unspecified atom stereocenters. The Bertz CT molecular complexity index is 930. The van der Waals surface area contributed by atoms with E-state index in [-0.39, 0.29) is 6.04 Å². The van der Waals surface area contributed by atoms with Crippen LogP contribution in [0.25, 0.3) is 0 Å². The third-order valence-electron chi connectivity index (χ3n) is 5.94. The minimum Gasteiger partial charge on any atom is -0.310 e. The molecule has 0 bridgehead atoms. The van der Waals surface area contributed by atoms with Gasteiger partial charge in [-0.05, 0) is 80.7 Å². The van der Waals surface area contributed by atoms with Gasteiger partial charge in [-0.15, -0.1) is 4.36 Å². The lowest BCUT2D eigenvalue weighted by Crippen LogP contribution is -2.46. The topological polar surface area (TPSA) is 91.0 Å². The number of carbonyl (C=O) groups excluding carboxylic acids is 1. The summed E-state index contributed by atoms with van der Waals surface area (Å²) in [5, 5.41) is 12.1. The van der Waals surface area contributed by atoms with E-state index in [9.17, 15) is 9.00 Å². The number of fused-ring (bicyclic) bond motifs is 2. The molecule has 0 saturated heterocycles. The van der Waals surface area contributed by atoms with Gasteiger partial charge in [-0.3, -0.25) is 0 Å². The summed E-state index contributed by atoms with van der Waals surface area (Å²) < 4.78 is 17.0. The highest BCUT2D eigenvalue weighted by atomic mass is 32.2. The molecule has 0 aromatic heterocycles. The van der Waals surface area contributed by atoms with Crippen molar-refractivity contribution in [1.29, 1.82) is 0 Å². The van der Waals surface area contributed by atoms with Crippen LogP contribution in [-0.4, -0.2) is 38.7 Å². The largest absolute Gasteiger partial charge is 0.354 e. The molecule has 2 atom stereocenters. The summed E-state index contributed by atoms with van der Waals surface area (Å²) in [7, 11) is -1.46. The second-order valence-corrected chi connectivity index (χ2v) is 10.0. The highest BCUT2D eigenvalue weighted by Crippen LogP contribution is 2.38. The lowest BCUT2D eigenvalue weighted by Gasteiger charge is -2.32. The van der Waals surface area contributed by atoms with Crippen molar-refractivity contribution >= 4 is 21.6 Å². The second-order valence-electron chi connectivity index (χ2n) is 8.15. The average Bonchev–Trinajstić information content (AvgIpc) is 3.32. The van der Waals surface area contributed by atoms with Gasteiger partial charge < -0.3 is 10.3 Å². The van der Waals surface area contributed by atoms with Gasteiger partial charge in [0, 0.05) is 25.0 Å². The Hall–Kier alpha value is -1.90. The fraction of sp³-hybridized carbons (Fsp3) is 0.550. The van der Waals surface area contributed by atoms with Crippen LogP contribution in [0.5, 0.6) is 0 Å². The summed E-state index contributed by atoms with van der Waals surface area (Å²) in [5.41, 5.74) is 5.99. The van der Waals surface area contributed by atoms with Gasteiger partial charge in [-0.1, -0.05) is 6.07 Å². The molecular weight excluding hydrogens is 374 g/mol. The van der Waals surface area contributed by atoms with Gasteiger partial charge in [-0.2, -0.15) is 0 Å². The molecule has 28 heavy (non-hydrogen) atoms. The van der Waals surface area contributed by atoms with Crippen LogP contribution in [0.2, 0.25) is 0 Å². The minimum absolute atomic E-state index is 0.199. The van der Waals surface area contributed by atoms with Crippen molar-refractivity contribution in [2.24, 2.45) is 9.50 Å². The molecule has 3 aliphatic rings. The fourth-order valence-corrected chi connectivity index (χ4v) is 5.93. The van der Waals surface area contributed by atoms with Gasteiger partial charge in [0.25, 0.3) is 0 Å². The number of hydrazine groups is 1. The third kappa shape index (κ3) is 3.33. The lowest BCUT2D eigenvalue weighted by atomic mass is 9.99. The molecule has 0 spiro atoms. The molecule has 4 rings (SSSR count). The number of nitrogens with two attached hydrogens (primary N) is 1. The van der Waals surface area contributed by atoms with Gasteiger partial charge in [0.15, 0.2) is 0 Å². The number of benzene rings is 1. The Kier molecular flexibility index (Phi) is 4.97. The number of hydrogen-bond donors (Lipinski definition) is 2. The van der Waals surface area contributed by atoms with E-state index in [4.69, 9.17) is 5.14 Å². The molecule has 152 valence electrons. The molecule has 8 heteroatoms. The Morgan fingerprint density at radius 1 is 1.21 bits per heavy atom. The number of carbonyl (C=O) groups is 1. The number of aryl methyl sites for hydroxylation is 2. The molecule has 3 N–H and O–H groups in total. The molecule has 0 radical (unpaired) electrons. The predicted molar refractivity (Wildman–Crippen MR) is 112 cm³/mol. The summed E-state index contributed by atoms with van der Waals surface area (Å²) in [6.07, 6.45) is 9.84. The van der Waals surface area contributed by atoms with E-state index in [1.54, 1.807) is 11.1 Å². The van der Waals surface area contributed by atoms with Gasteiger partial charge in [0.05, 0.1) is 0 Å². The molecule has 0 fully saturated rings. The number of urea groups is 1. The van der Waals surface area contributed by atoms with E-state index < -0.39 is 21.3 Å². The van der Waals surface area contributed by atoms with Crippen molar-refractivity contribution in [3.05, 3.63) is 40.6 Å². The average molecular weight is 404 g/mol. The first-order valence-electron chi connectivity index (χ1n) is 9.98. The molecule has 1 heterocycles. The molecule has 0 saturated carbocycles. The first kappa shape index (κ1) is 19.4. The van der Waals surface area contributed by atoms with Crippen LogP contribution in [0.3, 0.4) is 0 Å². The zero-order valence-corrected chi connectivity index (χ0v) is 17.6. The molecule has 2 aliphatic carbocycles. The van der Waals surface area contributed by atoms with Gasteiger partial charge in [0.2, 0.25) is 0 Å². The third-order valence-corrected chi connectivity index (χ3v) is 7.55. The fourth-order valence-electron chi connectivity index (χ4n) is 4.67. The standard InChI is InChI=1S/C20H29N5O2S/c1-13(2)25-11-10-18(24(25)3)28(21,27)23-20(26)22-19-16-8-4-6-14(16)12-15-7-5-9-17(15)19/h10-13,18H,4-9H2,1-3H3,(H3,21,22,23,26,27). The quantitative estimate of drug-likeness (QED) is 0.812. The van der Waals surface area contributed by atoms with Crippen LogP contribution in [0.4, 0.5) is 10.5 Å². The summed E-state index contributed by atoms with van der Waals surface area (Å²) in [6.45, 7) is 4.06. The maximum atomic E-state index is 13.1. The van der Waals surface area contributed by atoms with Crippen molar-refractivity contribution < 1.29 is 9.00 Å². The monoisotopic (exact) mass is 403 g/mol. The van der Waals surface area contributed by atoms with Crippen LogP contribution in [0, 0.1) is 0 Å². The highest BCUT2D eigenvalue weighted by molar-refractivity contribution is 7.92. The molecule has 2 amide bonds. The van der Waals surface area contributed by atoms with Crippen molar-refractivity contribution in [1.82, 2.24) is 10.0 Å². The number of nitrogens with one attached hydrogen (secondary N) is 1.